The van der Waals surface area contributed by atoms with Gasteiger partial charge in [-0.05, 0) is 17.7 Å². The molecule has 16 heavy (non-hydrogen) atoms. The number of methoxy groups -OCH3 is 1. The van der Waals surface area contributed by atoms with Gasteiger partial charge >= 0.3 is 0 Å². The van der Waals surface area contributed by atoms with Crippen LogP contribution in [-0.4, -0.2) is 16.9 Å². The van der Waals surface area contributed by atoms with Gasteiger partial charge in [0.25, 0.3) is 0 Å². The van der Waals surface area contributed by atoms with E-state index in [1.807, 2.05) is 18.2 Å². The summed E-state index contributed by atoms with van der Waals surface area (Å²) in [5.41, 5.74) is 7.28. The normalized spacial score (nSPS) is 10.4. The van der Waals surface area contributed by atoms with Crippen molar-refractivity contribution < 1.29 is 4.74 Å². The van der Waals surface area contributed by atoms with Crippen molar-refractivity contribution in [2.45, 2.75) is 6.54 Å². The van der Waals surface area contributed by atoms with Crippen molar-refractivity contribution >= 4 is 17.3 Å². The molecule has 0 bridgehead atoms. The monoisotopic (exact) mass is 237 g/mol. The minimum absolute atomic E-state index is 0.597. The summed E-state index contributed by atoms with van der Waals surface area (Å²) < 4.78 is 6.84. The predicted molar refractivity (Wildman–Crippen MR) is 63.7 cm³/mol. The first kappa shape index (κ1) is 10.8. The molecule has 0 saturated carbocycles. The second kappa shape index (κ2) is 4.45. The van der Waals surface area contributed by atoms with Crippen LogP contribution in [0.15, 0.2) is 30.6 Å². The van der Waals surface area contributed by atoms with Gasteiger partial charge in [0, 0.05) is 6.20 Å². The van der Waals surface area contributed by atoms with Crippen LogP contribution in [0.1, 0.15) is 5.56 Å². The van der Waals surface area contributed by atoms with Gasteiger partial charge in [-0.3, -0.25) is 4.68 Å². The maximum Gasteiger partial charge on any atom is 0.137 e. The summed E-state index contributed by atoms with van der Waals surface area (Å²) in [5, 5.41) is 4.70. The highest BCUT2D eigenvalue weighted by atomic mass is 35.5. The average molecular weight is 238 g/mol. The molecule has 1 heterocycles. The van der Waals surface area contributed by atoms with Crippen molar-refractivity contribution in [2.24, 2.45) is 0 Å². The van der Waals surface area contributed by atoms with Crippen LogP contribution < -0.4 is 10.5 Å². The molecule has 0 unspecified atom stereocenters. The van der Waals surface area contributed by atoms with Gasteiger partial charge < -0.3 is 10.5 Å². The summed E-state index contributed by atoms with van der Waals surface area (Å²) in [5.74, 6) is 0.672. The van der Waals surface area contributed by atoms with Crippen molar-refractivity contribution in [3.05, 3.63) is 41.2 Å². The standard InChI is InChI=1S/C11H12ClN3O/c1-16-11-3-2-8(4-10(11)12)6-15-7-9(13)5-14-15/h2-5,7H,6,13H2,1H3. The van der Waals surface area contributed by atoms with Gasteiger partial charge in [-0.2, -0.15) is 5.10 Å². The van der Waals surface area contributed by atoms with Crippen LogP contribution in [0.2, 0.25) is 5.02 Å². The van der Waals surface area contributed by atoms with Gasteiger partial charge in [0.1, 0.15) is 5.75 Å². The summed E-state index contributed by atoms with van der Waals surface area (Å²) in [4.78, 5) is 0. The molecule has 0 spiro atoms. The number of nitrogen functional groups attached to an aromatic ring is 1. The third-order valence-corrected chi connectivity index (χ3v) is 2.51. The fourth-order valence-electron chi connectivity index (χ4n) is 1.46. The molecule has 2 aromatic rings. The highest BCUT2D eigenvalue weighted by molar-refractivity contribution is 6.32. The molecule has 0 aliphatic heterocycles. The zero-order chi connectivity index (χ0) is 11.5. The number of nitrogens with zero attached hydrogens (tertiary/aromatic N) is 2. The number of anilines is 1. The van der Waals surface area contributed by atoms with Gasteiger partial charge in [-0.15, -0.1) is 0 Å². The van der Waals surface area contributed by atoms with Crippen LogP contribution >= 0.6 is 11.6 Å². The number of hydrogen-bond acceptors (Lipinski definition) is 3. The predicted octanol–water partition coefficient (Wildman–Crippen LogP) is 2.18. The molecule has 2 N–H and O–H groups in total. The van der Waals surface area contributed by atoms with Crippen molar-refractivity contribution in [1.82, 2.24) is 9.78 Å². The summed E-state index contributed by atoms with van der Waals surface area (Å²) in [7, 11) is 1.59. The maximum absolute atomic E-state index is 6.02. The summed E-state index contributed by atoms with van der Waals surface area (Å²) >= 11 is 6.02. The molecular formula is C11H12ClN3O. The van der Waals surface area contributed by atoms with E-state index in [2.05, 4.69) is 5.10 Å². The lowest BCUT2D eigenvalue weighted by Crippen LogP contribution is -2.00. The van der Waals surface area contributed by atoms with E-state index < -0.39 is 0 Å². The van der Waals surface area contributed by atoms with Crippen LogP contribution in [0.3, 0.4) is 0 Å². The van der Waals surface area contributed by atoms with Crippen LogP contribution in [0, 0.1) is 0 Å². The Hall–Kier alpha value is -1.68. The highest BCUT2D eigenvalue weighted by Crippen LogP contribution is 2.25. The van der Waals surface area contributed by atoms with Gasteiger partial charge in [-0.25, -0.2) is 0 Å². The topological polar surface area (TPSA) is 53.1 Å². The second-order valence-electron chi connectivity index (χ2n) is 3.44. The Morgan fingerprint density at radius 3 is 2.88 bits per heavy atom. The third-order valence-electron chi connectivity index (χ3n) is 2.21. The number of aromatic nitrogens is 2. The first-order valence-corrected chi connectivity index (χ1v) is 5.17. The SMILES string of the molecule is COc1ccc(Cn2cc(N)cn2)cc1Cl. The number of nitrogens with two attached hydrogens (primary N) is 1. The summed E-state index contributed by atoms with van der Waals surface area (Å²) in [6.07, 6.45) is 3.39. The molecule has 0 saturated heterocycles. The molecule has 0 aliphatic rings. The van der Waals surface area contributed by atoms with E-state index in [1.54, 1.807) is 24.2 Å². The first-order valence-electron chi connectivity index (χ1n) is 4.79. The van der Waals surface area contributed by atoms with Crippen molar-refractivity contribution in [3.8, 4) is 5.75 Å². The Morgan fingerprint density at radius 1 is 1.50 bits per heavy atom. The van der Waals surface area contributed by atoms with E-state index in [9.17, 15) is 0 Å². The largest absolute Gasteiger partial charge is 0.495 e. The van der Waals surface area contributed by atoms with Crippen molar-refractivity contribution in [3.63, 3.8) is 0 Å². The number of ether oxygens (including phenoxy) is 1. The smallest absolute Gasteiger partial charge is 0.137 e. The summed E-state index contributed by atoms with van der Waals surface area (Å²) in [6, 6.07) is 5.64. The lowest BCUT2D eigenvalue weighted by molar-refractivity contribution is 0.415. The summed E-state index contributed by atoms with van der Waals surface area (Å²) in [6.45, 7) is 0.640. The van der Waals surface area contributed by atoms with Crippen LogP contribution in [0.5, 0.6) is 5.75 Å². The van der Waals surface area contributed by atoms with Crippen LogP contribution in [0.25, 0.3) is 0 Å². The van der Waals surface area contributed by atoms with Gasteiger partial charge in [-0.1, -0.05) is 17.7 Å². The Balaban J connectivity index is 2.19. The fourth-order valence-corrected chi connectivity index (χ4v) is 1.74. The zero-order valence-corrected chi connectivity index (χ0v) is 9.61. The Bertz CT molecular complexity index is 496. The molecule has 0 radical (unpaired) electrons. The van der Waals surface area contributed by atoms with E-state index in [4.69, 9.17) is 22.1 Å². The number of hydrogen-bond donors (Lipinski definition) is 1. The van der Waals surface area contributed by atoms with Gasteiger partial charge in [0.15, 0.2) is 0 Å². The van der Waals surface area contributed by atoms with E-state index in [-0.39, 0.29) is 0 Å². The Labute approximate surface area is 98.6 Å². The number of benzene rings is 1. The zero-order valence-electron chi connectivity index (χ0n) is 8.85. The van der Waals surface area contributed by atoms with Crippen LogP contribution in [-0.2, 0) is 6.54 Å². The minimum atomic E-state index is 0.597. The van der Waals surface area contributed by atoms with Gasteiger partial charge in [0.2, 0.25) is 0 Å². The van der Waals surface area contributed by atoms with Crippen LogP contribution in [0.4, 0.5) is 5.69 Å². The van der Waals surface area contributed by atoms with Gasteiger partial charge in [0.05, 0.1) is 30.6 Å². The Kier molecular flexibility index (Phi) is 3.01. The number of halogens is 1. The quantitative estimate of drug-likeness (QED) is 0.890. The van der Waals surface area contributed by atoms with E-state index in [0.717, 1.165) is 5.56 Å². The third kappa shape index (κ3) is 2.28. The molecule has 2 rings (SSSR count). The van der Waals surface area contributed by atoms with Crippen molar-refractivity contribution in [1.29, 1.82) is 0 Å². The second-order valence-corrected chi connectivity index (χ2v) is 3.85. The molecule has 84 valence electrons. The molecular weight excluding hydrogens is 226 g/mol. The van der Waals surface area contributed by atoms with E-state index in [1.165, 1.54) is 0 Å². The maximum atomic E-state index is 6.02. The molecule has 0 aliphatic carbocycles. The lowest BCUT2D eigenvalue weighted by Gasteiger charge is -2.06. The molecule has 5 heteroatoms. The van der Waals surface area contributed by atoms with E-state index >= 15 is 0 Å². The molecule has 1 aromatic carbocycles. The number of rotatable bonds is 3. The minimum Gasteiger partial charge on any atom is -0.495 e. The van der Waals surface area contributed by atoms with E-state index in [0.29, 0.717) is 23.0 Å². The molecule has 0 atom stereocenters. The molecule has 4 nitrogen and oxygen atoms in total. The molecule has 1 aromatic heterocycles. The highest BCUT2D eigenvalue weighted by Gasteiger charge is 2.03. The van der Waals surface area contributed by atoms with Crippen molar-refractivity contribution in [2.75, 3.05) is 12.8 Å². The first-order chi connectivity index (χ1) is 7.69. The Morgan fingerprint density at radius 2 is 2.31 bits per heavy atom. The fraction of sp³-hybridized carbons (Fsp3) is 0.182. The lowest BCUT2D eigenvalue weighted by atomic mass is 10.2. The molecule has 0 amide bonds. The average Bonchev–Trinajstić information content (AvgIpc) is 2.64. The molecule has 0 fully saturated rings.